The Balaban J connectivity index is 1.87. The van der Waals surface area contributed by atoms with Crippen molar-refractivity contribution in [1.82, 2.24) is 10.4 Å². The molecule has 1 atom stereocenters. The number of nitrogens with two attached hydrogens (primary N) is 1. The normalized spacial score (nSPS) is 12.3. The van der Waals surface area contributed by atoms with Crippen molar-refractivity contribution in [1.29, 1.82) is 0 Å². The zero-order valence-corrected chi connectivity index (χ0v) is 11.3. The molecule has 0 aliphatic rings. The summed E-state index contributed by atoms with van der Waals surface area (Å²) in [5, 5.41) is 0. The number of hydrogen-bond donors (Lipinski definition) is 2. The molecule has 19 heavy (non-hydrogen) atoms. The van der Waals surface area contributed by atoms with Crippen LogP contribution in [0.1, 0.15) is 23.2 Å². The fourth-order valence-electron chi connectivity index (χ4n) is 2.11. The third-order valence-electron chi connectivity index (χ3n) is 3.32. The van der Waals surface area contributed by atoms with Crippen molar-refractivity contribution < 1.29 is 0 Å². The monoisotopic (exact) mass is 255 g/mol. The molecule has 0 saturated carbocycles. The number of nitrogens with one attached hydrogen (secondary N) is 1. The van der Waals surface area contributed by atoms with Crippen LogP contribution in [0.4, 0.5) is 0 Å². The van der Waals surface area contributed by atoms with Gasteiger partial charge in [-0.3, -0.25) is 16.3 Å². The van der Waals surface area contributed by atoms with Crippen molar-refractivity contribution in [2.24, 2.45) is 5.84 Å². The topological polar surface area (TPSA) is 50.9 Å². The van der Waals surface area contributed by atoms with E-state index in [1.807, 2.05) is 24.4 Å². The summed E-state index contributed by atoms with van der Waals surface area (Å²) in [7, 11) is 0. The molecule has 0 aliphatic carbocycles. The van der Waals surface area contributed by atoms with Gasteiger partial charge < -0.3 is 0 Å². The summed E-state index contributed by atoms with van der Waals surface area (Å²) in [6.45, 7) is 2.11. The summed E-state index contributed by atoms with van der Waals surface area (Å²) in [5.41, 5.74) is 6.62. The summed E-state index contributed by atoms with van der Waals surface area (Å²) in [6, 6.07) is 14.9. The molecule has 100 valence electrons. The van der Waals surface area contributed by atoms with Gasteiger partial charge in [0.1, 0.15) is 0 Å². The summed E-state index contributed by atoms with van der Waals surface area (Å²) >= 11 is 0. The van der Waals surface area contributed by atoms with Crippen LogP contribution in [-0.4, -0.2) is 11.0 Å². The van der Waals surface area contributed by atoms with Crippen LogP contribution in [0.5, 0.6) is 0 Å². The van der Waals surface area contributed by atoms with Crippen molar-refractivity contribution in [3.05, 3.63) is 65.5 Å². The van der Waals surface area contributed by atoms with Crippen LogP contribution in [0.25, 0.3) is 0 Å². The lowest BCUT2D eigenvalue weighted by Gasteiger charge is -2.15. The third kappa shape index (κ3) is 4.47. The number of pyridine rings is 1. The molecule has 0 amide bonds. The molecule has 3 heteroatoms. The van der Waals surface area contributed by atoms with Gasteiger partial charge in [0.2, 0.25) is 0 Å². The molecule has 1 unspecified atom stereocenters. The number of aryl methyl sites for hydroxylation is 2. The largest absolute Gasteiger partial charge is 0.271 e. The third-order valence-corrected chi connectivity index (χ3v) is 3.32. The van der Waals surface area contributed by atoms with Crippen LogP contribution in [0.2, 0.25) is 0 Å². The molecule has 0 fully saturated rings. The molecule has 0 spiro atoms. The van der Waals surface area contributed by atoms with Gasteiger partial charge in [0.25, 0.3) is 0 Å². The predicted molar refractivity (Wildman–Crippen MR) is 78.6 cm³/mol. The summed E-state index contributed by atoms with van der Waals surface area (Å²) in [6.07, 6.45) is 4.73. The maximum atomic E-state index is 5.63. The van der Waals surface area contributed by atoms with E-state index >= 15 is 0 Å². The van der Waals surface area contributed by atoms with Crippen molar-refractivity contribution in [3.63, 3.8) is 0 Å². The molecule has 3 nitrogen and oxygen atoms in total. The van der Waals surface area contributed by atoms with Crippen molar-refractivity contribution in [2.45, 2.75) is 32.2 Å². The number of hydrogen-bond acceptors (Lipinski definition) is 3. The Morgan fingerprint density at radius 1 is 1.16 bits per heavy atom. The molecule has 3 N–H and O–H groups in total. The van der Waals surface area contributed by atoms with Crippen LogP contribution in [0.3, 0.4) is 0 Å². The minimum absolute atomic E-state index is 0.260. The van der Waals surface area contributed by atoms with E-state index in [2.05, 4.69) is 41.6 Å². The molecule has 0 aliphatic heterocycles. The molecule has 2 rings (SSSR count). The van der Waals surface area contributed by atoms with Crippen LogP contribution in [0.15, 0.2) is 48.7 Å². The van der Waals surface area contributed by atoms with Crippen molar-refractivity contribution in [3.8, 4) is 0 Å². The number of rotatable bonds is 6. The van der Waals surface area contributed by atoms with Crippen molar-refractivity contribution in [2.75, 3.05) is 0 Å². The molecular formula is C16H21N3. The molecular weight excluding hydrogens is 234 g/mol. The van der Waals surface area contributed by atoms with Crippen LogP contribution >= 0.6 is 0 Å². The van der Waals surface area contributed by atoms with E-state index in [-0.39, 0.29) is 6.04 Å². The Kier molecular flexibility index (Phi) is 5.07. The van der Waals surface area contributed by atoms with Gasteiger partial charge in [-0.2, -0.15) is 0 Å². The number of aromatic nitrogens is 1. The second-order valence-electron chi connectivity index (χ2n) is 4.91. The average molecular weight is 255 g/mol. The molecule has 0 bridgehead atoms. The van der Waals surface area contributed by atoms with E-state index < -0.39 is 0 Å². The van der Waals surface area contributed by atoms with Gasteiger partial charge in [-0.15, -0.1) is 0 Å². The zero-order chi connectivity index (χ0) is 13.5. The maximum Gasteiger partial charge on any atom is 0.0419 e. The van der Waals surface area contributed by atoms with E-state index in [1.165, 1.54) is 11.1 Å². The van der Waals surface area contributed by atoms with Gasteiger partial charge in [-0.1, -0.05) is 35.9 Å². The van der Waals surface area contributed by atoms with E-state index in [1.54, 1.807) is 0 Å². The molecule has 2 aromatic rings. The fraction of sp³-hybridized carbons (Fsp3) is 0.312. The zero-order valence-electron chi connectivity index (χ0n) is 11.3. The predicted octanol–water partition coefficient (Wildman–Crippen LogP) is 2.40. The number of hydrazine groups is 1. The molecule has 0 radical (unpaired) electrons. The SMILES string of the molecule is Cc1ccc(CCC(Cc2ccccn2)NN)cc1. The minimum Gasteiger partial charge on any atom is -0.271 e. The lowest BCUT2D eigenvalue weighted by atomic mass is 10.0. The summed E-state index contributed by atoms with van der Waals surface area (Å²) in [4.78, 5) is 4.34. The highest BCUT2D eigenvalue weighted by molar-refractivity contribution is 5.21. The Morgan fingerprint density at radius 3 is 2.58 bits per heavy atom. The Labute approximate surface area is 114 Å². The van der Waals surface area contributed by atoms with Gasteiger partial charge in [-0.25, -0.2) is 0 Å². The number of nitrogens with zero attached hydrogens (tertiary/aromatic N) is 1. The number of benzene rings is 1. The second kappa shape index (κ2) is 7.02. The first kappa shape index (κ1) is 13.7. The fourth-order valence-corrected chi connectivity index (χ4v) is 2.11. The van der Waals surface area contributed by atoms with Crippen LogP contribution in [-0.2, 0) is 12.8 Å². The highest BCUT2D eigenvalue weighted by atomic mass is 15.2. The second-order valence-corrected chi connectivity index (χ2v) is 4.91. The Bertz CT molecular complexity index is 479. The van der Waals surface area contributed by atoms with E-state index in [9.17, 15) is 0 Å². The van der Waals surface area contributed by atoms with E-state index in [0.29, 0.717) is 0 Å². The van der Waals surface area contributed by atoms with E-state index in [4.69, 9.17) is 5.84 Å². The molecule has 1 aromatic heterocycles. The molecule has 1 heterocycles. The smallest absolute Gasteiger partial charge is 0.0419 e. The lowest BCUT2D eigenvalue weighted by Crippen LogP contribution is -2.37. The Hall–Kier alpha value is -1.71. The quantitative estimate of drug-likeness (QED) is 0.615. The van der Waals surface area contributed by atoms with Gasteiger partial charge in [0.15, 0.2) is 0 Å². The lowest BCUT2D eigenvalue weighted by molar-refractivity contribution is 0.487. The van der Waals surface area contributed by atoms with Crippen LogP contribution in [0, 0.1) is 6.92 Å². The van der Waals surface area contributed by atoms with Crippen LogP contribution < -0.4 is 11.3 Å². The minimum atomic E-state index is 0.260. The molecule has 0 saturated heterocycles. The van der Waals surface area contributed by atoms with Gasteiger partial charge in [-0.05, 0) is 37.5 Å². The summed E-state index contributed by atoms with van der Waals surface area (Å²) in [5.74, 6) is 5.63. The highest BCUT2D eigenvalue weighted by Gasteiger charge is 2.08. The first-order valence-corrected chi connectivity index (χ1v) is 6.69. The summed E-state index contributed by atoms with van der Waals surface area (Å²) < 4.78 is 0. The Morgan fingerprint density at radius 2 is 1.95 bits per heavy atom. The van der Waals surface area contributed by atoms with Crippen molar-refractivity contribution >= 4 is 0 Å². The van der Waals surface area contributed by atoms with E-state index in [0.717, 1.165) is 25.0 Å². The van der Waals surface area contributed by atoms with Gasteiger partial charge in [0, 0.05) is 24.4 Å². The first-order chi connectivity index (χ1) is 9.28. The van der Waals surface area contributed by atoms with Gasteiger partial charge >= 0.3 is 0 Å². The maximum absolute atomic E-state index is 5.63. The average Bonchev–Trinajstić information content (AvgIpc) is 2.46. The molecule has 1 aromatic carbocycles. The standard InChI is InChI=1S/C16H21N3/c1-13-5-7-14(8-6-13)9-10-16(19-17)12-15-4-2-3-11-18-15/h2-8,11,16,19H,9-10,12,17H2,1H3. The first-order valence-electron chi connectivity index (χ1n) is 6.69. The highest BCUT2D eigenvalue weighted by Crippen LogP contribution is 2.09. The van der Waals surface area contributed by atoms with Gasteiger partial charge in [0.05, 0.1) is 0 Å².